The molecular weight excluding hydrogens is 285 g/mol. The molecule has 6 heteroatoms. The molecule has 100 valence electrons. The fourth-order valence-corrected chi connectivity index (χ4v) is 2.94. The van der Waals surface area contributed by atoms with Crippen LogP contribution in [0.5, 0.6) is 0 Å². The van der Waals surface area contributed by atoms with Crippen molar-refractivity contribution in [2.45, 2.75) is 13.0 Å². The maximum atomic E-state index is 11.7. The number of hydrogen-bond acceptors (Lipinski definition) is 2. The van der Waals surface area contributed by atoms with Gasteiger partial charge in [-0.2, -0.15) is 0 Å². The number of H-pyrrole nitrogens is 1. The van der Waals surface area contributed by atoms with E-state index >= 15 is 0 Å². The number of amides is 1. The number of benzene rings is 1. The normalized spacial score (nSPS) is 14.8. The number of nitrogens with two attached hydrogens (primary N) is 1. The van der Waals surface area contributed by atoms with Gasteiger partial charge in [0.15, 0.2) is 0 Å². The van der Waals surface area contributed by atoms with Crippen LogP contribution in [0.3, 0.4) is 0 Å². The molecule has 0 saturated carbocycles. The summed E-state index contributed by atoms with van der Waals surface area (Å²) in [5, 5.41) is 2.09. The molecule has 0 unspecified atom stereocenters. The summed E-state index contributed by atoms with van der Waals surface area (Å²) in [4.78, 5) is 16.8. The molecule has 0 aliphatic carbocycles. The number of aromatic nitrogens is 1. The van der Waals surface area contributed by atoms with Gasteiger partial charge in [-0.1, -0.05) is 29.3 Å². The second-order valence-electron chi connectivity index (χ2n) is 4.64. The molecule has 1 aliphatic rings. The van der Waals surface area contributed by atoms with Gasteiger partial charge in [-0.05, 0) is 6.07 Å². The quantitative estimate of drug-likeness (QED) is 0.848. The van der Waals surface area contributed by atoms with Crippen molar-refractivity contribution in [3.63, 3.8) is 0 Å². The predicted molar refractivity (Wildman–Crippen MR) is 76.5 cm³/mol. The molecule has 1 amide bonds. The Morgan fingerprint density at radius 2 is 2.21 bits per heavy atom. The third kappa shape index (κ3) is 2.00. The fourth-order valence-electron chi connectivity index (χ4n) is 2.57. The van der Waals surface area contributed by atoms with Crippen molar-refractivity contribution in [3.05, 3.63) is 33.4 Å². The highest BCUT2D eigenvalue weighted by molar-refractivity contribution is 6.45. The lowest BCUT2D eigenvalue weighted by molar-refractivity contribution is -0.130. The van der Waals surface area contributed by atoms with Crippen molar-refractivity contribution in [2.75, 3.05) is 13.1 Å². The number of hydrogen-bond donors (Lipinski definition) is 2. The lowest BCUT2D eigenvalue weighted by Crippen LogP contribution is -2.39. The fraction of sp³-hybridized carbons (Fsp3) is 0.308. The van der Waals surface area contributed by atoms with Gasteiger partial charge in [-0.25, -0.2) is 0 Å². The van der Waals surface area contributed by atoms with Gasteiger partial charge in [0.05, 0.1) is 22.1 Å². The molecule has 2 heterocycles. The average molecular weight is 298 g/mol. The highest BCUT2D eigenvalue weighted by atomic mass is 35.5. The Kier molecular flexibility index (Phi) is 3.17. The molecule has 0 fully saturated rings. The SMILES string of the molecule is NCC(=O)N1CCc2[nH]c3c(Cl)c(Cl)ccc3c2C1. The van der Waals surface area contributed by atoms with Crippen molar-refractivity contribution < 1.29 is 4.79 Å². The zero-order valence-electron chi connectivity index (χ0n) is 10.2. The van der Waals surface area contributed by atoms with Crippen LogP contribution in [0.15, 0.2) is 12.1 Å². The van der Waals surface area contributed by atoms with Crippen LogP contribution in [-0.4, -0.2) is 28.9 Å². The first kappa shape index (κ1) is 12.8. The monoisotopic (exact) mass is 297 g/mol. The van der Waals surface area contributed by atoms with E-state index in [9.17, 15) is 4.79 Å². The minimum Gasteiger partial charge on any atom is -0.357 e. The Hall–Kier alpha value is -1.23. The summed E-state index contributed by atoms with van der Waals surface area (Å²) < 4.78 is 0. The lowest BCUT2D eigenvalue weighted by atomic mass is 10.0. The molecule has 4 nitrogen and oxygen atoms in total. The number of carbonyl (C=O) groups excluding carboxylic acids is 1. The van der Waals surface area contributed by atoms with Gasteiger partial charge in [0.1, 0.15) is 0 Å². The first-order chi connectivity index (χ1) is 9.11. The van der Waals surface area contributed by atoms with E-state index in [-0.39, 0.29) is 12.5 Å². The van der Waals surface area contributed by atoms with Gasteiger partial charge in [0.25, 0.3) is 0 Å². The molecule has 19 heavy (non-hydrogen) atoms. The molecule has 3 N–H and O–H groups in total. The van der Waals surface area contributed by atoms with Crippen molar-refractivity contribution in [2.24, 2.45) is 5.73 Å². The summed E-state index contributed by atoms with van der Waals surface area (Å²) in [7, 11) is 0. The number of nitrogens with zero attached hydrogens (tertiary/aromatic N) is 1. The van der Waals surface area contributed by atoms with E-state index in [1.807, 2.05) is 6.07 Å². The van der Waals surface area contributed by atoms with E-state index in [1.165, 1.54) is 0 Å². The van der Waals surface area contributed by atoms with E-state index < -0.39 is 0 Å². The van der Waals surface area contributed by atoms with Crippen LogP contribution < -0.4 is 5.73 Å². The van der Waals surface area contributed by atoms with Gasteiger partial charge in [0.2, 0.25) is 5.91 Å². The molecular formula is C13H13Cl2N3O. The summed E-state index contributed by atoms with van der Waals surface area (Å²) >= 11 is 12.2. The maximum Gasteiger partial charge on any atom is 0.236 e. The molecule has 1 aromatic heterocycles. The van der Waals surface area contributed by atoms with Crippen LogP contribution in [0, 0.1) is 0 Å². The molecule has 1 aliphatic heterocycles. The standard InChI is InChI=1S/C13H13Cl2N3O/c14-9-2-1-7-8-6-18(11(19)5-16)4-3-10(8)17-13(7)12(9)15/h1-2,17H,3-6,16H2. The number of rotatable bonds is 1. The van der Waals surface area contributed by atoms with E-state index in [0.29, 0.717) is 23.1 Å². The van der Waals surface area contributed by atoms with E-state index in [0.717, 1.165) is 28.6 Å². The van der Waals surface area contributed by atoms with E-state index in [2.05, 4.69) is 4.98 Å². The van der Waals surface area contributed by atoms with Gasteiger partial charge >= 0.3 is 0 Å². The van der Waals surface area contributed by atoms with Gasteiger partial charge in [-0.15, -0.1) is 0 Å². The van der Waals surface area contributed by atoms with Crippen molar-refractivity contribution in [3.8, 4) is 0 Å². The molecule has 1 aromatic carbocycles. The van der Waals surface area contributed by atoms with E-state index in [1.54, 1.807) is 11.0 Å². The number of nitrogens with one attached hydrogen (secondary N) is 1. The van der Waals surface area contributed by atoms with Crippen LogP contribution in [0.4, 0.5) is 0 Å². The second-order valence-corrected chi connectivity index (χ2v) is 5.42. The van der Waals surface area contributed by atoms with Crippen LogP contribution in [0.1, 0.15) is 11.3 Å². The smallest absolute Gasteiger partial charge is 0.236 e. The van der Waals surface area contributed by atoms with Crippen molar-refractivity contribution in [1.29, 1.82) is 0 Å². The van der Waals surface area contributed by atoms with Gasteiger partial charge < -0.3 is 15.6 Å². The Balaban J connectivity index is 2.09. The molecule has 0 atom stereocenters. The highest BCUT2D eigenvalue weighted by Crippen LogP contribution is 2.35. The molecule has 0 radical (unpaired) electrons. The van der Waals surface area contributed by atoms with E-state index in [4.69, 9.17) is 28.9 Å². The maximum absolute atomic E-state index is 11.7. The summed E-state index contributed by atoms with van der Waals surface area (Å²) in [5.41, 5.74) is 8.50. The topological polar surface area (TPSA) is 62.1 Å². The largest absolute Gasteiger partial charge is 0.357 e. The van der Waals surface area contributed by atoms with Crippen LogP contribution in [0.25, 0.3) is 10.9 Å². The Morgan fingerprint density at radius 3 is 2.95 bits per heavy atom. The average Bonchev–Trinajstić information content (AvgIpc) is 2.80. The van der Waals surface area contributed by atoms with Crippen LogP contribution >= 0.6 is 23.2 Å². The van der Waals surface area contributed by atoms with Gasteiger partial charge in [0, 0.05) is 36.2 Å². The molecule has 2 aromatic rings. The summed E-state index contributed by atoms with van der Waals surface area (Å²) in [6.07, 6.45) is 0.781. The first-order valence-electron chi connectivity index (χ1n) is 6.07. The van der Waals surface area contributed by atoms with Crippen molar-refractivity contribution in [1.82, 2.24) is 9.88 Å². The summed E-state index contributed by atoms with van der Waals surface area (Å²) in [6.45, 7) is 1.30. The zero-order valence-corrected chi connectivity index (χ0v) is 11.7. The van der Waals surface area contributed by atoms with Gasteiger partial charge in [-0.3, -0.25) is 4.79 Å². The zero-order chi connectivity index (χ0) is 13.6. The summed E-state index contributed by atoms with van der Waals surface area (Å²) in [5.74, 6) is -0.0277. The Morgan fingerprint density at radius 1 is 1.42 bits per heavy atom. The number of halogens is 2. The third-order valence-corrected chi connectivity index (χ3v) is 4.37. The number of aromatic amines is 1. The molecule has 0 saturated heterocycles. The lowest BCUT2D eigenvalue weighted by Gasteiger charge is -2.26. The second kappa shape index (κ2) is 4.71. The predicted octanol–water partition coefficient (Wildman–Crippen LogP) is 2.32. The minimum absolute atomic E-state index is 0.0277. The summed E-state index contributed by atoms with van der Waals surface area (Å²) in [6, 6.07) is 3.72. The highest BCUT2D eigenvalue weighted by Gasteiger charge is 2.24. The molecule has 0 spiro atoms. The van der Waals surface area contributed by atoms with Crippen LogP contribution in [0.2, 0.25) is 10.0 Å². The van der Waals surface area contributed by atoms with Crippen LogP contribution in [-0.2, 0) is 17.8 Å². The molecule has 0 bridgehead atoms. The minimum atomic E-state index is -0.0277. The Labute approximate surface area is 120 Å². The molecule has 3 rings (SSSR count). The Bertz CT molecular complexity index is 665. The number of carbonyl (C=O) groups is 1. The van der Waals surface area contributed by atoms with Crippen molar-refractivity contribution >= 4 is 40.0 Å². The third-order valence-electron chi connectivity index (χ3n) is 3.57. The first-order valence-corrected chi connectivity index (χ1v) is 6.82. The number of fused-ring (bicyclic) bond motifs is 3.